The lowest BCUT2D eigenvalue weighted by atomic mass is 10.3. The van der Waals surface area contributed by atoms with Gasteiger partial charge in [0, 0.05) is 10.2 Å². The van der Waals surface area contributed by atoms with Crippen molar-refractivity contribution in [2.24, 2.45) is 0 Å². The van der Waals surface area contributed by atoms with E-state index < -0.39 is 18.7 Å². The Kier molecular flexibility index (Phi) is 5.61. The molecule has 0 aliphatic rings. The quantitative estimate of drug-likeness (QED) is 0.639. The van der Waals surface area contributed by atoms with Crippen LogP contribution < -0.4 is 11.1 Å². The minimum Gasteiger partial charge on any atom is -0.399 e. The van der Waals surface area contributed by atoms with Crippen LogP contribution in [-0.4, -0.2) is 25.3 Å². The Balaban J connectivity index is 2.35. The van der Waals surface area contributed by atoms with Crippen LogP contribution in [0.2, 0.25) is 0 Å². The van der Waals surface area contributed by atoms with Crippen molar-refractivity contribution in [1.29, 1.82) is 0 Å². The van der Waals surface area contributed by atoms with Crippen LogP contribution in [0.1, 0.15) is 6.42 Å². The Morgan fingerprint density at radius 3 is 2.68 bits per heavy atom. The maximum atomic E-state index is 11.8. The average Bonchev–Trinajstić information content (AvgIpc) is 2.27. The predicted molar refractivity (Wildman–Crippen MR) is 68.7 cm³/mol. The molecule has 0 fully saturated rings. The number of nitrogen functional groups attached to an aromatic ring is 1. The van der Waals surface area contributed by atoms with E-state index in [4.69, 9.17) is 5.73 Å². The van der Waals surface area contributed by atoms with Gasteiger partial charge in [0.1, 0.15) is 6.61 Å². The third kappa shape index (κ3) is 6.44. The largest absolute Gasteiger partial charge is 0.411 e. The lowest BCUT2D eigenvalue weighted by molar-refractivity contribution is -0.174. The molecule has 0 atom stereocenters. The molecular weight excluding hydrogens is 329 g/mol. The van der Waals surface area contributed by atoms with Crippen molar-refractivity contribution < 1.29 is 22.7 Å². The van der Waals surface area contributed by atoms with E-state index in [0.29, 0.717) is 15.8 Å². The molecule has 0 aliphatic carbocycles. The molecule has 0 saturated carbocycles. The summed E-state index contributed by atoms with van der Waals surface area (Å²) in [5.74, 6) is -0.437. The SMILES string of the molecule is Nc1ccc(NC(=O)CCOCC(F)(F)F)c(Br)c1. The molecule has 106 valence electrons. The van der Waals surface area contributed by atoms with Gasteiger partial charge in [-0.1, -0.05) is 0 Å². The van der Waals surface area contributed by atoms with Gasteiger partial charge in [-0.2, -0.15) is 13.2 Å². The van der Waals surface area contributed by atoms with Gasteiger partial charge in [-0.3, -0.25) is 4.79 Å². The molecule has 0 aromatic heterocycles. The second kappa shape index (κ2) is 6.76. The van der Waals surface area contributed by atoms with Crippen molar-refractivity contribution in [3.63, 3.8) is 0 Å². The molecule has 19 heavy (non-hydrogen) atoms. The van der Waals surface area contributed by atoms with Gasteiger partial charge in [0.15, 0.2) is 0 Å². The molecule has 1 amide bonds. The number of ether oxygens (including phenoxy) is 1. The Morgan fingerprint density at radius 2 is 2.11 bits per heavy atom. The number of benzene rings is 1. The number of amides is 1. The van der Waals surface area contributed by atoms with E-state index in [0.717, 1.165) is 0 Å². The van der Waals surface area contributed by atoms with Crippen LogP contribution in [0.15, 0.2) is 22.7 Å². The predicted octanol–water partition coefficient (Wildman–Crippen LogP) is 2.94. The lowest BCUT2D eigenvalue weighted by Crippen LogP contribution is -2.20. The molecule has 1 aromatic carbocycles. The summed E-state index contributed by atoms with van der Waals surface area (Å²) in [6.45, 7) is -1.65. The Labute approximate surface area is 116 Å². The van der Waals surface area contributed by atoms with E-state index in [1.54, 1.807) is 18.2 Å². The van der Waals surface area contributed by atoms with E-state index in [1.165, 1.54) is 0 Å². The number of nitrogens with two attached hydrogens (primary N) is 1. The molecule has 0 spiro atoms. The minimum atomic E-state index is -4.38. The fraction of sp³-hybridized carbons (Fsp3) is 0.364. The topological polar surface area (TPSA) is 64.3 Å². The highest BCUT2D eigenvalue weighted by Gasteiger charge is 2.27. The monoisotopic (exact) mass is 340 g/mol. The van der Waals surface area contributed by atoms with E-state index in [-0.39, 0.29) is 13.0 Å². The molecule has 0 bridgehead atoms. The highest BCUT2D eigenvalue weighted by Crippen LogP contribution is 2.24. The second-order valence-corrected chi connectivity index (χ2v) is 4.56. The van der Waals surface area contributed by atoms with Crippen molar-refractivity contribution in [1.82, 2.24) is 0 Å². The Morgan fingerprint density at radius 1 is 1.42 bits per heavy atom. The summed E-state index contributed by atoms with van der Waals surface area (Å²) in [7, 11) is 0. The Hall–Kier alpha value is -1.28. The zero-order chi connectivity index (χ0) is 14.5. The highest BCUT2D eigenvalue weighted by atomic mass is 79.9. The molecule has 1 aromatic rings. The molecule has 8 heteroatoms. The van der Waals surface area contributed by atoms with Gasteiger partial charge in [0.2, 0.25) is 5.91 Å². The third-order valence-corrected chi connectivity index (χ3v) is 2.66. The second-order valence-electron chi connectivity index (χ2n) is 3.71. The smallest absolute Gasteiger partial charge is 0.399 e. The number of anilines is 2. The average molecular weight is 341 g/mol. The Bertz CT molecular complexity index is 452. The fourth-order valence-corrected chi connectivity index (χ4v) is 1.69. The van der Waals surface area contributed by atoms with Crippen molar-refractivity contribution in [2.75, 3.05) is 24.3 Å². The zero-order valence-electron chi connectivity index (χ0n) is 9.76. The van der Waals surface area contributed by atoms with Gasteiger partial charge in [0.25, 0.3) is 0 Å². The third-order valence-electron chi connectivity index (χ3n) is 2.01. The van der Waals surface area contributed by atoms with Gasteiger partial charge in [-0.25, -0.2) is 0 Å². The van der Waals surface area contributed by atoms with Gasteiger partial charge in [0.05, 0.1) is 18.7 Å². The molecule has 1 rings (SSSR count). The number of carbonyl (C=O) groups is 1. The molecule has 0 aliphatic heterocycles. The summed E-state index contributed by atoms with van der Waals surface area (Å²) in [4.78, 5) is 11.4. The van der Waals surface area contributed by atoms with Crippen LogP contribution in [0.5, 0.6) is 0 Å². The van der Waals surface area contributed by atoms with Gasteiger partial charge in [-0.15, -0.1) is 0 Å². The lowest BCUT2D eigenvalue weighted by Gasteiger charge is -2.09. The van der Waals surface area contributed by atoms with Gasteiger partial charge >= 0.3 is 6.18 Å². The molecule has 3 N–H and O–H groups in total. The first-order valence-electron chi connectivity index (χ1n) is 5.27. The number of carbonyl (C=O) groups excluding carboxylic acids is 1. The summed E-state index contributed by atoms with van der Waals surface area (Å²) in [5.41, 5.74) is 6.55. The fourth-order valence-electron chi connectivity index (χ4n) is 1.20. The maximum absolute atomic E-state index is 11.8. The number of nitrogens with one attached hydrogen (secondary N) is 1. The summed E-state index contributed by atoms with van der Waals surface area (Å²) in [6.07, 6.45) is -4.54. The summed E-state index contributed by atoms with van der Waals surface area (Å²) < 4.78 is 40.3. The van der Waals surface area contributed by atoms with Crippen molar-refractivity contribution in [2.45, 2.75) is 12.6 Å². The van der Waals surface area contributed by atoms with Gasteiger partial charge in [-0.05, 0) is 34.1 Å². The van der Waals surface area contributed by atoms with E-state index in [1.807, 2.05) is 0 Å². The number of alkyl halides is 3. The number of halogens is 4. The van der Waals surface area contributed by atoms with Crippen LogP contribution in [0, 0.1) is 0 Å². The van der Waals surface area contributed by atoms with Crippen LogP contribution in [0.4, 0.5) is 24.5 Å². The van der Waals surface area contributed by atoms with E-state index in [9.17, 15) is 18.0 Å². The first kappa shape index (κ1) is 15.8. The highest BCUT2D eigenvalue weighted by molar-refractivity contribution is 9.10. The van der Waals surface area contributed by atoms with Crippen LogP contribution in [0.25, 0.3) is 0 Å². The summed E-state index contributed by atoms with van der Waals surface area (Å²) in [6, 6.07) is 4.80. The molecule has 0 radical (unpaired) electrons. The standard InChI is InChI=1S/C11H12BrF3N2O2/c12-8-5-7(16)1-2-9(8)17-10(18)3-4-19-6-11(13,14)15/h1-2,5H,3-4,6,16H2,(H,17,18). The van der Waals surface area contributed by atoms with Crippen LogP contribution in [0.3, 0.4) is 0 Å². The summed E-state index contributed by atoms with van der Waals surface area (Å²) in [5, 5.41) is 2.53. The maximum Gasteiger partial charge on any atom is 0.411 e. The molecule has 0 unspecified atom stereocenters. The van der Waals surface area contributed by atoms with Gasteiger partial charge < -0.3 is 15.8 Å². The zero-order valence-corrected chi connectivity index (χ0v) is 11.3. The molecular formula is C11H12BrF3N2O2. The first-order chi connectivity index (χ1) is 8.78. The van der Waals surface area contributed by atoms with Crippen molar-refractivity contribution >= 4 is 33.2 Å². The van der Waals surface area contributed by atoms with Crippen molar-refractivity contribution in [3.05, 3.63) is 22.7 Å². The number of rotatable bonds is 5. The van der Waals surface area contributed by atoms with Crippen LogP contribution in [-0.2, 0) is 9.53 Å². The van der Waals surface area contributed by atoms with E-state index in [2.05, 4.69) is 26.0 Å². The molecule has 0 heterocycles. The molecule has 4 nitrogen and oxygen atoms in total. The normalized spacial score (nSPS) is 11.4. The number of hydrogen-bond acceptors (Lipinski definition) is 3. The first-order valence-corrected chi connectivity index (χ1v) is 6.06. The van der Waals surface area contributed by atoms with Crippen molar-refractivity contribution in [3.8, 4) is 0 Å². The summed E-state index contributed by atoms with van der Waals surface area (Å²) >= 11 is 3.21. The number of hydrogen-bond donors (Lipinski definition) is 2. The van der Waals surface area contributed by atoms with E-state index >= 15 is 0 Å². The molecule has 0 saturated heterocycles. The minimum absolute atomic E-state index is 0.160. The van der Waals surface area contributed by atoms with Crippen LogP contribution >= 0.6 is 15.9 Å².